The summed E-state index contributed by atoms with van der Waals surface area (Å²) in [5.74, 6) is 1.06. The van der Waals surface area contributed by atoms with E-state index in [0.717, 1.165) is 0 Å². The Kier molecular flexibility index (Phi) is 5.50. The lowest BCUT2D eigenvalue weighted by molar-refractivity contribution is 0.256. The van der Waals surface area contributed by atoms with Crippen LogP contribution in [0.5, 0.6) is 0 Å². The monoisotopic (exact) mass is 651 g/mol. The lowest BCUT2D eigenvalue weighted by Gasteiger charge is -2.52. The first-order chi connectivity index (χ1) is 25.3. The number of fused-ring (bicyclic) bond motifs is 19. The molecule has 0 amide bonds. The fourth-order valence-electron chi connectivity index (χ4n) is 11.9. The van der Waals surface area contributed by atoms with E-state index in [9.17, 15) is 0 Å². The highest BCUT2D eigenvalue weighted by atomic mass is 15.0. The average molecular weight is 652 g/mol. The van der Waals surface area contributed by atoms with Crippen molar-refractivity contribution in [3.8, 4) is 16.8 Å². The number of aromatic nitrogens is 1. The van der Waals surface area contributed by atoms with Gasteiger partial charge in [0.15, 0.2) is 0 Å². The second-order valence-corrected chi connectivity index (χ2v) is 15.4. The molecule has 7 aromatic carbocycles. The Bertz CT molecular complexity index is 2640. The van der Waals surface area contributed by atoms with Crippen LogP contribution in [0.3, 0.4) is 0 Å². The molecule has 4 aliphatic carbocycles. The summed E-state index contributed by atoms with van der Waals surface area (Å²) in [4.78, 5) is 0. The summed E-state index contributed by atoms with van der Waals surface area (Å²) < 4.78 is 2.53. The van der Waals surface area contributed by atoms with Gasteiger partial charge in [-0.05, 0) is 105 Å². The van der Waals surface area contributed by atoms with Crippen molar-refractivity contribution in [1.82, 2.24) is 4.57 Å². The Morgan fingerprint density at radius 1 is 0.431 bits per heavy atom. The molecule has 1 heteroatoms. The number of nitrogens with zero attached hydrogens (tertiary/aromatic N) is 1. The molecular weight excluding hydrogens is 615 g/mol. The van der Waals surface area contributed by atoms with E-state index in [2.05, 4.69) is 168 Å². The van der Waals surface area contributed by atoms with Crippen LogP contribution < -0.4 is 0 Å². The molecule has 1 nitrogen and oxygen atoms in total. The molecule has 3 atom stereocenters. The summed E-state index contributed by atoms with van der Waals surface area (Å²) >= 11 is 0. The van der Waals surface area contributed by atoms with Crippen LogP contribution in [0.15, 0.2) is 164 Å². The molecule has 1 heterocycles. The van der Waals surface area contributed by atoms with Gasteiger partial charge >= 0.3 is 0 Å². The van der Waals surface area contributed by atoms with Crippen LogP contribution in [0.2, 0.25) is 0 Å². The van der Waals surface area contributed by atoms with Gasteiger partial charge in [-0.25, -0.2) is 0 Å². The minimum Gasteiger partial charge on any atom is -0.309 e. The second-order valence-electron chi connectivity index (χ2n) is 15.4. The van der Waals surface area contributed by atoms with Crippen LogP contribution in [0.4, 0.5) is 0 Å². The van der Waals surface area contributed by atoms with Crippen molar-refractivity contribution in [1.29, 1.82) is 0 Å². The van der Waals surface area contributed by atoms with Crippen molar-refractivity contribution >= 4 is 21.8 Å². The Balaban J connectivity index is 1.28. The van der Waals surface area contributed by atoms with Crippen molar-refractivity contribution in [2.75, 3.05) is 0 Å². The van der Waals surface area contributed by atoms with Gasteiger partial charge in [-0.15, -0.1) is 0 Å². The number of para-hydroxylation sites is 2. The smallest absolute Gasteiger partial charge is 0.0719 e. The average Bonchev–Trinajstić information content (AvgIpc) is 3.81. The first kappa shape index (κ1) is 28.1. The molecule has 3 unspecified atom stereocenters. The third-order valence-corrected chi connectivity index (χ3v) is 13.5. The van der Waals surface area contributed by atoms with E-state index in [4.69, 9.17) is 0 Å². The Morgan fingerprint density at radius 3 is 1.67 bits per heavy atom. The molecule has 12 rings (SSSR count). The molecular formula is C50H37N. The standard InChI is InChI=1S/C50H37N/c1-7-21-39-33(15-1)34-16-2-8-22-40(34)49(39)43-25-11-12-26-44(43)50(41-23-9-3-17-35(41)36-18-4-10-24-42(36)50)46-31-32(29-30-45(46)49)51-47-27-13-5-19-37(47)38-20-6-14-28-48(38)51/h1-3,5-9,11-17,19-23,25-31,36,42H,4,10,18,24H2. The van der Waals surface area contributed by atoms with E-state index in [-0.39, 0.29) is 5.41 Å². The molecule has 2 spiro atoms. The van der Waals surface area contributed by atoms with Gasteiger partial charge in [-0.3, -0.25) is 0 Å². The van der Waals surface area contributed by atoms with Gasteiger partial charge in [0.1, 0.15) is 0 Å². The molecule has 51 heavy (non-hydrogen) atoms. The van der Waals surface area contributed by atoms with Gasteiger partial charge in [-0.2, -0.15) is 0 Å². The zero-order valence-electron chi connectivity index (χ0n) is 28.5. The van der Waals surface area contributed by atoms with Crippen LogP contribution in [-0.2, 0) is 10.8 Å². The quantitative estimate of drug-likeness (QED) is 0.166. The Hall–Kier alpha value is -5.66. The molecule has 0 N–H and O–H groups in total. The summed E-state index contributed by atoms with van der Waals surface area (Å²) in [5.41, 5.74) is 17.7. The maximum absolute atomic E-state index is 2.64. The van der Waals surface area contributed by atoms with Gasteiger partial charge in [0.05, 0.1) is 16.4 Å². The second kappa shape index (κ2) is 9.98. The molecule has 1 fully saturated rings. The fourth-order valence-corrected chi connectivity index (χ4v) is 11.9. The number of hydrogen-bond donors (Lipinski definition) is 0. The van der Waals surface area contributed by atoms with Gasteiger partial charge < -0.3 is 4.57 Å². The maximum Gasteiger partial charge on any atom is 0.0719 e. The van der Waals surface area contributed by atoms with E-state index in [1.54, 1.807) is 5.56 Å². The van der Waals surface area contributed by atoms with E-state index in [0.29, 0.717) is 11.8 Å². The third-order valence-electron chi connectivity index (χ3n) is 13.5. The van der Waals surface area contributed by atoms with Gasteiger partial charge in [0.2, 0.25) is 0 Å². The largest absolute Gasteiger partial charge is 0.309 e. The molecule has 8 aromatic rings. The first-order valence-corrected chi connectivity index (χ1v) is 18.9. The SMILES string of the molecule is c1ccc2c(c1)-c1ccccc1C21c2ccccc2C2(c3ccccc3C3CCCCC32)c2cc(-n3c4ccccc4c4ccccc43)ccc21. The normalized spacial score (nSPS) is 21.6. The Morgan fingerprint density at radius 2 is 0.961 bits per heavy atom. The summed E-state index contributed by atoms with van der Waals surface area (Å²) in [5, 5.41) is 2.61. The fraction of sp³-hybridized carbons (Fsp3) is 0.160. The van der Waals surface area contributed by atoms with E-state index < -0.39 is 5.41 Å². The zero-order valence-corrected chi connectivity index (χ0v) is 28.5. The van der Waals surface area contributed by atoms with Crippen LogP contribution in [0.25, 0.3) is 38.6 Å². The van der Waals surface area contributed by atoms with Gasteiger partial charge in [-0.1, -0.05) is 152 Å². The number of benzene rings is 7. The number of hydrogen-bond acceptors (Lipinski definition) is 0. The Labute approximate surface area is 298 Å². The van der Waals surface area contributed by atoms with Crippen LogP contribution >= 0.6 is 0 Å². The van der Waals surface area contributed by atoms with Crippen molar-refractivity contribution in [3.05, 3.63) is 208 Å². The zero-order chi connectivity index (χ0) is 33.3. The molecule has 0 aliphatic heterocycles. The predicted octanol–water partition coefficient (Wildman–Crippen LogP) is 12.1. The maximum atomic E-state index is 2.64. The van der Waals surface area contributed by atoms with E-state index in [1.807, 2.05) is 0 Å². The summed E-state index contributed by atoms with van der Waals surface area (Å²) in [6.07, 6.45) is 5.11. The van der Waals surface area contributed by atoms with E-state index >= 15 is 0 Å². The van der Waals surface area contributed by atoms with Crippen molar-refractivity contribution < 1.29 is 0 Å². The van der Waals surface area contributed by atoms with Crippen molar-refractivity contribution in [2.45, 2.75) is 42.4 Å². The minimum absolute atomic E-state index is 0.250. The highest BCUT2D eigenvalue weighted by Crippen LogP contribution is 2.70. The minimum atomic E-state index is -0.411. The highest BCUT2D eigenvalue weighted by Gasteiger charge is 2.62. The molecule has 4 aliphatic rings. The van der Waals surface area contributed by atoms with Crippen molar-refractivity contribution in [3.63, 3.8) is 0 Å². The van der Waals surface area contributed by atoms with Crippen LogP contribution in [0.1, 0.15) is 76.1 Å². The van der Waals surface area contributed by atoms with Crippen LogP contribution in [0, 0.1) is 5.92 Å². The summed E-state index contributed by atoms with van der Waals surface area (Å²) in [6.45, 7) is 0. The molecule has 1 aromatic heterocycles. The molecule has 1 saturated carbocycles. The highest BCUT2D eigenvalue weighted by molar-refractivity contribution is 6.09. The molecule has 0 bridgehead atoms. The van der Waals surface area contributed by atoms with Gasteiger partial charge in [0, 0.05) is 21.9 Å². The predicted molar refractivity (Wildman–Crippen MR) is 209 cm³/mol. The topological polar surface area (TPSA) is 4.93 Å². The van der Waals surface area contributed by atoms with Crippen molar-refractivity contribution in [2.24, 2.45) is 5.92 Å². The third kappa shape index (κ3) is 3.25. The summed E-state index contributed by atoms with van der Waals surface area (Å²) in [6, 6.07) is 63.2. The van der Waals surface area contributed by atoms with E-state index in [1.165, 1.54) is 103 Å². The molecule has 0 radical (unpaired) electrons. The first-order valence-electron chi connectivity index (χ1n) is 18.9. The summed E-state index contributed by atoms with van der Waals surface area (Å²) in [7, 11) is 0. The molecule has 242 valence electrons. The molecule has 0 saturated heterocycles. The van der Waals surface area contributed by atoms with Gasteiger partial charge in [0.25, 0.3) is 0 Å². The lowest BCUT2D eigenvalue weighted by Crippen LogP contribution is -2.47. The lowest BCUT2D eigenvalue weighted by atomic mass is 9.50. The number of rotatable bonds is 1. The van der Waals surface area contributed by atoms with Crippen LogP contribution in [-0.4, -0.2) is 4.57 Å².